The highest BCUT2D eigenvalue weighted by Gasteiger charge is 2.15. The van der Waals surface area contributed by atoms with E-state index in [1.165, 1.54) is 10.4 Å². The van der Waals surface area contributed by atoms with Gasteiger partial charge in [0, 0.05) is 9.35 Å². The third kappa shape index (κ3) is 3.38. The summed E-state index contributed by atoms with van der Waals surface area (Å²) in [7, 11) is 1.71. The Kier molecular flexibility index (Phi) is 5.30. The van der Waals surface area contributed by atoms with Crippen LogP contribution in [0.15, 0.2) is 38.6 Å². The maximum atomic E-state index is 5.38. The Bertz CT molecular complexity index is 519. The normalized spacial score (nSPS) is 12.4. The third-order valence-electron chi connectivity index (χ3n) is 2.56. The molecule has 0 aliphatic rings. The van der Waals surface area contributed by atoms with Gasteiger partial charge in [-0.05, 0) is 56.0 Å². The van der Waals surface area contributed by atoms with Crippen molar-refractivity contribution in [2.75, 3.05) is 7.11 Å². The Morgan fingerprint density at radius 3 is 2.61 bits per heavy atom. The summed E-state index contributed by atoms with van der Waals surface area (Å²) in [6.45, 7) is 0. The molecule has 2 rings (SSSR count). The molecule has 2 aromatic rings. The van der Waals surface area contributed by atoms with Crippen LogP contribution in [0.3, 0.4) is 0 Å². The number of benzene rings is 1. The summed E-state index contributed by atoms with van der Waals surface area (Å²) < 4.78 is 7.61. The van der Waals surface area contributed by atoms with E-state index in [2.05, 4.69) is 59.9 Å². The standard InChI is InChI=1S/C13H11Br3OS/c1-17-11-5-3-2-4-8(11)6-9(14)12-7-10(15)13(16)18-12/h2-5,7,9H,6H2,1H3. The molecule has 1 aromatic heterocycles. The molecule has 96 valence electrons. The SMILES string of the molecule is COc1ccccc1CC(Br)c1cc(Br)c(Br)s1. The largest absolute Gasteiger partial charge is 0.496 e. The first-order valence-electron chi connectivity index (χ1n) is 5.32. The summed E-state index contributed by atoms with van der Waals surface area (Å²) in [4.78, 5) is 1.58. The molecular weight excluding hydrogens is 444 g/mol. The minimum Gasteiger partial charge on any atom is -0.496 e. The lowest BCUT2D eigenvalue weighted by Crippen LogP contribution is -1.96. The van der Waals surface area contributed by atoms with Crippen LogP contribution in [0.25, 0.3) is 0 Å². The van der Waals surface area contributed by atoms with Crippen molar-refractivity contribution >= 4 is 59.1 Å². The molecule has 5 heteroatoms. The van der Waals surface area contributed by atoms with E-state index < -0.39 is 0 Å². The van der Waals surface area contributed by atoms with Crippen molar-refractivity contribution < 1.29 is 4.74 Å². The summed E-state index contributed by atoms with van der Waals surface area (Å²) in [5, 5.41) is 0. The summed E-state index contributed by atoms with van der Waals surface area (Å²) in [6.07, 6.45) is 0.906. The molecule has 0 amide bonds. The first kappa shape index (κ1) is 14.6. The van der Waals surface area contributed by atoms with Crippen molar-refractivity contribution in [3.05, 3.63) is 49.0 Å². The number of rotatable bonds is 4. The lowest BCUT2D eigenvalue weighted by Gasteiger charge is -2.11. The zero-order valence-electron chi connectivity index (χ0n) is 9.62. The van der Waals surface area contributed by atoms with Gasteiger partial charge < -0.3 is 4.74 Å². The summed E-state index contributed by atoms with van der Waals surface area (Å²) in [5.74, 6) is 0.941. The van der Waals surface area contributed by atoms with E-state index in [1.54, 1.807) is 18.4 Å². The fourth-order valence-electron chi connectivity index (χ4n) is 1.68. The first-order chi connectivity index (χ1) is 8.61. The number of thiophene rings is 1. The van der Waals surface area contributed by atoms with E-state index >= 15 is 0 Å². The second-order valence-corrected chi connectivity index (χ2v) is 8.12. The first-order valence-corrected chi connectivity index (χ1v) is 8.64. The van der Waals surface area contributed by atoms with E-state index in [0.29, 0.717) is 4.83 Å². The molecule has 0 N–H and O–H groups in total. The lowest BCUT2D eigenvalue weighted by atomic mass is 10.1. The van der Waals surface area contributed by atoms with Crippen LogP contribution in [0.1, 0.15) is 15.3 Å². The number of halogens is 3. The van der Waals surface area contributed by atoms with Crippen molar-refractivity contribution in [1.82, 2.24) is 0 Å². The van der Waals surface area contributed by atoms with E-state index in [1.807, 2.05) is 18.2 Å². The molecule has 1 heterocycles. The summed E-state index contributed by atoms with van der Waals surface area (Å²) in [5.41, 5.74) is 1.21. The molecule has 0 fully saturated rings. The van der Waals surface area contributed by atoms with Gasteiger partial charge in [0.05, 0.1) is 15.7 Å². The van der Waals surface area contributed by atoms with Crippen LogP contribution < -0.4 is 4.74 Å². The fourth-order valence-corrected chi connectivity index (χ4v) is 4.51. The maximum absolute atomic E-state index is 5.38. The number of hydrogen-bond acceptors (Lipinski definition) is 2. The van der Waals surface area contributed by atoms with Gasteiger partial charge in [0.1, 0.15) is 5.75 Å². The van der Waals surface area contributed by atoms with Gasteiger partial charge in [0.2, 0.25) is 0 Å². The lowest BCUT2D eigenvalue weighted by molar-refractivity contribution is 0.409. The molecule has 0 bridgehead atoms. The molecule has 1 unspecified atom stereocenters. The van der Waals surface area contributed by atoms with Gasteiger partial charge in [-0.2, -0.15) is 0 Å². The van der Waals surface area contributed by atoms with Gasteiger partial charge in [-0.15, -0.1) is 11.3 Å². The molecule has 0 saturated carbocycles. The summed E-state index contributed by atoms with van der Waals surface area (Å²) in [6, 6.07) is 10.3. The number of hydrogen-bond donors (Lipinski definition) is 0. The van der Waals surface area contributed by atoms with E-state index in [-0.39, 0.29) is 0 Å². The minimum atomic E-state index is 0.293. The van der Waals surface area contributed by atoms with Crippen molar-refractivity contribution in [1.29, 1.82) is 0 Å². The van der Waals surface area contributed by atoms with Gasteiger partial charge in [-0.3, -0.25) is 0 Å². The third-order valence-corrected chi connectivity index (χ3v) is 7.05. The van der Waals surface area contributed by atoms with Gasteiger partial charge in [0.25, 0.3) is 0 Å². The van der Waals surface area contributed by atoms with Crippen LogP contribution in [0.4, 0.5) is 0 Å². The Hall–Kier alpha value is 0.160. The Morgan fingerprint density at radius 1 is 1.28 bits per heavy atom. The molecule has 0 saturated heterocycles. The second kappa shape index (κ2) is 6.55. The quantitative estimate of drug-likeness (QED) is 0.518. The van der Waals surface area contributed by atoms with Crippen LogP contribution in [-0.4, -0.2) is 7.11 Å². The molecule has 0 spiro atoms. The smallest absolute Gasteiger partial charge is 0.122 e. The predicted octanol–water partition coefficient (Wildman–Crippen LogP) is 5.96. The fraction of sp³-hybridized carbons (Fsp3) is 0.231. The number of methoxy groups -OCH3 is 1. The second-order valence-electron chi connectivity index (χ2n) is 3.75. The number of alkyl halides is 1. The van der Waals surface area contributed by atoms with Crippen LogP contribution in [0, 0.1) is 0 Å². The van der Waals surface area contributed by atoms with Gasteiger partial charge in [-0.25, -0.2) is 0 Å². The average molecular weight is 455 g/mol. The van der Waals surface area contributed by atoms with Gasteiger partial charge in [-0.1, -0.05) is 34.1 Å². The molecular formula is C13H11Br3OS. The van der Waals surface area contributed by atoms with E-state index in [4.69, 9.17) is 4.74 Å². The Balaban J connectivity index is 2.18. The molecule has 0 radical (unpaired) electrons. The van der Waals surface area contributed by atoms with Crippen LogP contribution in [0.2, 0.25) is 0 Å². The monoisotopic (exact) mass is 452 g/mol. The Morgan fingerprint density at radius 2 is 2.00 bits per heavy atom. The van der Waals surface area contributed by atoms with Crippen LogP contribution in [-0.2, 0) is 6.42 Å². The van der Waals surface area contributed by atoms with Crippen molar-refractivity contribution in [2.45, 2.75) is 11.2 Å². The van der Waals surface area contributed by atoms with Crippen molar-refractivity contribution in [3.63, 3.8) is 0 Å². The highest BCUT2D eigenvalue weighted by Crippen LogP contribution is 2.40. The number of ether oxygens (including phenoxy) is 1. The maximum Gasteiger partial charge on any atom is 0.122 e. The molecule has 1 atom stereocenters. The molecule has 0 aliphatic heterocycles. The van der Waals surface area contributed by atoms with E-state index in [9.17, 15) is 0 Å². The van der Waals surface area contributed by atoms with Crippen LogP contribution >= 0.6 is 59.1 Å². The summed E-state index contributed by atoms with van der Waals surface area (Å²) >= 11 is 12.5. The predicted molar refractivity (Wildman–Crippen MR) is 88.1 cm³/mol. The average Bonchev–Trinajstić information content (AvgIpc) is 2.70. The molecule has 1 nitrogen and oxygen atoms in total. The van der Waals surface area contributed by atoms with Gasteiger partial charge >= 0.3 is 0 Å². The zero-order valence-corrected chi connectivity index (χ0v) is 15.2. The van der Waals surface area contributed by atoms with Crippen molar-refractivity contribution in [2.24, 2.45) is 0 Å². The van der Waals surface area contributed by atoms with Crippen LogP contribution in [0.5, 0.6) is 5.75 Å². The molecule has 18 heavy (non-hydrogen) atoms. The topological polar surface area (TPSA) is 9.23 Å². The molecule has 1 aromatic carbocycles. The van der Waals surface area contributed by atoms with Crippen molar-refractivity contribution in [3.8, 4) is 5.75 Å². The molecule has 0 aliphatic carbocycles. The highest BCUT2D eigenvalue weighted by atomic mass is 79.9. The van der Waals surface area contributed by atoms with E-state index in [0.717, 1.165) is 20.4 Å². The number of para-hydroxylation sites is 1. The Labute approximate surface area is 136 Å². The van der Waals surface area contributed by atoms with Gasteiger partial charge in [0.15, 0.2) is 0 Å². The highest BCUT2D eigenvalue weighted by molar-refractivity contribution is 9.13. The zero-order chi connectivity index (χ0) is 13.1. The minimum absolute atomic E-state index is 0.293.